The Kier molecular flexibility index (Phi) is 4.35. The van der Waals surface area contributed by atoms with Gasteiger partial charge < -0.3 is 4.42 Å². The first-order chi connectivity index (χ1) is 12.9. The molecule has 2 aromatic heterocycles. The molecule has 0 radical (unpaired) electrons. The van der Waals surface area contributed by atoms with E-state index in [2.05, 4.69) is 5.10 Å². The zero-order valence-corrected chi connectivity index (χ0v) is 15.5. The number of aromatic nitrogens is 2. The third-order valence-electron chi connectivity index (χ3n) is 4.08. The third kappa shape index (κ3) is 3.52. The molecule has 4 aromatic rings. The van der Waals surface area contributed by atoms with Gasteiger partial charge in [-0.25, -0.2) is 18.2 Å². The van der Waals surface area contributed by atoms with Crippen LogP contribution in [0.1, 0.15) is 0 Å². The van der Waals surface area contributed by atoms with E-state index in [4.69, 9.17) is 21.2 Å². The predicted molar refractivity (Wildman–Crippen MR) is 103 cm³/mol. The van der Waals surface area contributed by atoms with Crippen LogP contribution in [0.4, 0.5) is 0 Å². The number of benzene rings is 2. The maximum absolute atomic E-state index is 11.5. The summed E-state index contributed by atoms with van der Waals surface area (Å²) in [5, 5.41) is 10.5. The van der Waals surface area contributed by atoms with Crippen LogP contribution in [-0.4, -0.2) is 18.2 Å². The molecule has 2 N–H and O–H groups in total. The number of furan rings is 1. The van der Waals surface area contributed by atoms with Crippen LogP contribution in [0.5, 0.6) is 0 Å². The summed E-state index contributed by atoms with van der Waals surface area (Å²) < 4.78 is 29.9. The molecule has 0 aliphatic carbocycles. The van der Waals surface area contributed by atoms with E-state index >= 15 is 0 Å². The summed E-state index contributed by atoms with van der Waals surface area (Å²) in [6.07, 6.45) is 3.20. The summed E-state index contributed by atoms with van der Waals surface area (Å²) in [5.74, 6) is 0. The molecule has 0 amide bonds. The summed E-state index contributed by atoms with van der Waals surface area (Å²) >= 11 is 5.97. The first kappa shape index (κ1) is 17.5. The molecule has 0 saturated heterocycles. The summed E-state index contributed by atoms with van der Waals surface area (Å²) in [6, 6.07) is 17.4. The van der Waals surface area contributed by atoms with Crippen molar-refractivity contribution in [1.82, 2.24) is 9.78 Å². The fourth-order valence-electron chi connectivity index (χ4n) is 2.73. The fraction of sp³-hybridized carbons (Fsp3) is 0. The molecular formula is C19H14ClN3O3S. The zero-order chi connectivity index (χ0) is 19.0. The lowest BCUT2D eigenvalue weighted by molar-refractivity contribution is 0.568. The standard InChI is InChI=1S/C19H14ClN3O3S/c20-15-3-1-13(2-4-15)18-11-19(14-9-10-26-12-14)23(22-18)16-5-7-17(8-6-16)27(21,24)25/h1-12H,(H2,21,24,25). The molecule has 0 bridgehead atoms. The Bertz CT molecular complexity index is 1180. The Morgan fingerprint density at radius 3 is 2.26 bits per heavy atom. The van der Waals surface area contributed by atoms with Crippen molar-refractivity contribution >= 4 is 21.6 Å². The van der Waals surface area contributed by atoms with Gasteiger partial charge in [0.15, 0.2) is 0 Å². The van der Waals surface area contributed by atoms with Gasteiger partial charge >= 0.3 is 0 Å². The van der Waals surface area contributed by atoms with Gasteiger partial charge in [0.05, 0.1) is 34.5 Å². The van der Waals surface area contributed by atoms with Crippen LogP contribution in [0.15, 0.2) is 82.5 Å². The molecule has 27 heavy (non-hydrogen) atoms. The first-order valence-electron chi connectivity index (χ1n) is 7.94. The van der Waals surface area contributed by atoms with Crippen molar-refractivity contribution < 1.29 is 12.8 Å². The van der Waals surface area contributed by atoms with Gasteiger partial charge in [-0.15, -0.1) is 0 Å². The lowest BCUT2D eigenvalue weighted by Crippen LogP contribution is -2.12. The quantitative estimate of drug-likeness (QED) is 0.559. The summed E-state index contributed by atoms with van der Waals surface area (Å²) in [6.45, 7) is 0. The van der Waals surface area contributed by atoms with Gasteiger partial charge in [0, 0.05) is 16.1 Å². The fourth-order valence-corrected chi connectivity index (χ4v) is 3.37. The van der Waals surface area contributed by atoms with Gasteiger partial charge in [-0.2, -0.15) is 5.10 Å². The van der Waals surface area contributed by atoms with E-state index in [1.54, 1.807) is 41.5 Å². The minimum atomic E-state index is -3.75. The highest BCUT2D eigenvalue weighted by atomic mass is 35.5. The van der Waals surface area contributed by atoms with Gasteiger partial charge in [0.25, 0.3) is 0 Å². The summed E-state index contributed by atoms with van der Waals surface area (Å²) in [7, 11) is -3.75. The number of hydrogen-bond acceptors (Lipinski definition) is 4. The summed E-state index contributed by atoms with van der Waals surface area (Å²) in [4.78, 5) is 0.0428. The molecule has 0 spiro atoms. The Balaban J connectivity index is 1.85. The van der Waals surface area contributed by atoms with Crippen molar-refractivity contribution in [1.29, 1.82) is 0 Å². The van der Waals surface area contributed by atoms with Gasteiger partial charge in [0.1, 0.15) is 0 Å². The third-order valence-corrected chi connectivity index (χ3v) is 5.26. The van der Waals surface area contributed by atoms with Crippen molar-refractivity contribution in [3.05, 3.63) is 78.2 Å². The van der Waals surface area contributed by atoms with Gasteiger partial charge in [-0.3, -0.25) is 0 Å². The SMILES string of the molecule is NS(=O)(=O)c1ccc(-n2nc(-c3ccc(Cl)cc3)cc2-c2ccoc2)cc1. The van der Waals surface area contributed by atoms with Gasteiger partial charge in [-0.05, 0) is 48.5 Å². The minimum Gasteiger partial charge on any atom is -0.472 e. The first-order valence-corrected chi connectivity index (χ1v) is 9.86. The van der Waals surface area contributed by atoms with E-state index in [0.717, 1.165) is 22.5 Å². The molecule has 136 valence electrons. The van der Waals surface area contributed by atoms with Crippen LogP contribution in [0.25, 0.3) is 28.2 Å². The Morgan fingerprint density at radius 1 is 0.963 bits per heavy atom. The van der Waals surface area contributed by atoms with Crippen molar-refractivity contribution in [3.63, 3.8) is 0 Å². The summed E-state index contributed by atoms with van der Waals surface area (Å²) in [5.41, 5.74) is 4.00. The number of rotatable bonds is 4. The van der Waals surface area contributed by atoms with Gasteiger partial charge in [0.2, 0.25) is 10.0 Å². The van der Waals surface area contributed by atoms with Crippen molar-refractivity contribution in [2.24, 2.45) is 5.14 Å². The largest absolute Gasteiger partial charge is 0.472 e. The van der Waals surface area contributed by atoms with Gasteiger partial charge in [-0.1, -0.05) is 23.7 Å². The molecule has 2 heterocycles. The van der Waals surface area contributed by atoms with E-state index < -0.39 is 10.0 Å². The highest BCUT2D eigenvalue weighted by Crippen LogP contribution is 2.29. The molecule has 0 atom stereocenters. The molecule has 2 aromatic carbocycles. The highest BCUT2D eigenvalue weighted by molar-refractivity contribution is 7.89. The minimum absolute atomic E-state index is 0.0428. The van der Waals surface area contributed by atoms with Crippen LogP contribution in [0.3, 0.4) is 0 Å². The lowest BCUT2D eigenvalue weighted by Gasteiger charge is -2.07. The maximum atomic E-state index is 11.5. The van der Waals surface area contributed by atoms with Crippen LogP contribution < -0.4 is 5.14 Å². The number of halogens is 1. The second kappa shape index (κ2) is 6.70. The van der Waals surface area contributed by atoms with Crippen LogP contribution >= 0.6 is 11.6 Å². The molecule has 0 aliphatic heterocycles. The van der Waals surface area contributed by atoms with Crippen LogP contribution in [0, 0.1) is 0 Å². The van der Waals surface area contributed by atoms with E-state index in [0.29, 0.717) is 10.7 Å². The van der Waals surface area contributed by atoms with Crippen molar-refractivity contribution in [3.8, 4) is 28.2 Å². The van der Waals surface area contributed by atoms with E-state index in [1.165, 1.54) is 12.1 Å². The lowest BCUT2D eigenvalue weighted by atomic mass is 10.1. The Labute approximate surface area is 160 Å². The molecule has 0 saturated carbocycles. The van der Waals surface area contributed by atoms with Crippen LogP contribution in [0.2, 0.25) is 5.02 Å². The number of nitrogens with zero attached hydrogens (tertiary/aromatic N) is 2. The van der Waals surface area contributed by atoms with E-state index in [1.807, 2.05) is 24.3 Å². The van der Waals surface area contributed by atoms with Crippen LogP contribution in [-0.2, 0) is 10.0 Å². The Morgan fingerprint density at radius 2 is 1.67 bits per heavy atom. The maximum Gasteiger partial charge on any atom is 0.238 e. The van der Waals surface area contributed by atoms with E-state index in [9.17, 15) is 8.42 Å². The van der Waals surface area contributed by atoms with Crippen molar-refractivity contribution in [2.45, 2.75) is 4.90 Å². The molecule has 6 nitrogen and oxygen atoms in total. The number of sulfonamides is 1. The number of hydrogen-bond donors (Lipinski definition) is 1. The van der Waals surface area contributed by atoms with E-state index in [-0.39, 0.29) is 4.90 Å². The topological polar surface area (TPSA) is 91.1 Å². The number of nitrogens with two attached hydrogens (primary N) is 1. The number of primary sulfonamides is 1. The second-order valence-corrected chi connectivity index (χ2v) is 7.88. The molecular weight excluding hydrogens is 386 g/mol. The molecule has 0 aliphatic rings. The smallest absolute Gasteiger partial charge is 0.238 e. The van der Waals surface area contributed by atoms with Crippen molar-refractivity contribution in [2.75, 3.05) is 0 Å². The predicted octanol–water partition coefficient (Wildman–Crippen LogP) is 4.10. The molecule has 0 unspecified atom stereocenters. The second-order valence-electron chi connectivity index (χ2n) is 5.88. The highest BCUT2D eigenvalue weighted by Gasteiger charge is 2.15. The normalized spacial score (nSPS) is 11.6. The zero-order valence-electron chi connectivity index (χ0n) is 13.9. The average molecular weight is 400 g/mol. The Hall–Kier alpha value is -2.87. The molecule has 0 fully saturated rings. The average Bonchev–Trinajstić information content (AvgIpc) is 3.31. The molecule has 8 heteroatoms. The molecule has 4 rings (SSSR count). The monoisotopic (exact) mass is 399 g/mol.